The Hall–Kier alpha value is -1.22. The maximum Gasteiger partial charge on any atom is 0.255 e. The van der Waals surface area contributed by atoms with Crippen molar-refractivity contribution in [3.8, 4) is 0 Å². The van der Waals surface area contributed by atoms with Crippen molar-refractivity contribution in [1.29, 1.82) is 0 Å². The molecule has 0 spiro atoms. The molecule has 1 unspecified atom stereocenters. The first-order valence-electron chi connectivity index (χ1n) is 6.33. The lowest BCUT2D eigenvalue weighted by molar-refractivity contribution is 0.0742. The van der Waals surface area contributed by atoms with Crippen molar-refractivity contribution >= 4 is 23.2 Å². The van der Waals surface area contributed by atoms with Crippen LogP contribution in [0.4, 0.5) is 5.69 Å². The van der Waals surface area contributed by atoms with Crippen LogP contribution in [-0.2, 0) is 0 Å². The molecule has 1 rings (SSSR count). The van der Waals surface area contributed by atoms with Crippen LogP contribution in [0.5, 0.6) is 0 Å². The predicted molar refractivity (Wildman–Crippen MR) is 76.9 cm³/mol. The number of carbonyl (C=O) groups is 1. The third-order valence-corrected chi connectivity index (χ3v) is 3.38. The molecule has 1 aromatic carbocycles. The molecule has 0 heterocycles. The van der Waals surface area contributed by atoms with Gasteiger partial charge in [0, 0.05) is 23.8 Å². The van der Waals surface area contributed by atoms with Crippen LogP contribution in [0.1, 0.15) is 37.6 Å². The molecule has 0 saturated carbocycles. The van der Waals surface area contributed by atoms with E-state index >= 15 is 0 Å². The Morgan fingerprint density at radius 1 is 1.44 bits per heavy atom. The molecular formula is C14H21ClN2O. The van der Waals surface area contributed by atoms with Gasteiger partial charge >= 0.3 is 0 Å². The Morgan fingerprint density at radius 3 is 2.61 bits per heavy atom. The van der Waals surface area contributed by atoms with Crippen LogP contribution in [0.3, 0.4) is 0 Å². The van der Waals surface area contributed by atoms with Crippen LogP contribution >= 0.6 is 11.6 Å². The molecule has 0 aliphatic heterocycles. The van der Waals surface area contributed by atoms with E-state index in [1.165, 1.54) is 0 Å². The molecule has 18 heavy (non-hydrogen) atoms. The first-order valence-corrected chi connectivity index (χ1v) is 6.71. The van der Waals surface area contributed by atoms with Gasteiger partial charge in [0.1, 0.15) is 0 Å². The van der Waals surface area contributed by atoms with E-state index < -0.39 is 0 Å². The van der Waals surface area contributed by atoms with Crippen molar-refractivity contribution in [3.63, 3.8) is 0 Å². The topological polar surface area (TPSA) is 46.3 Å². The number of nitrogens with zero attached hydrogens (tertiary/aromatic N) is 1. The minimum atomic E-state index is -0.0213. The number of carbonyl (C=O) groups excluding carboxylic acids is 1. The highest BCUT2D eigenvalue weighted by atomic mass is 35.5. The number of anilines is 1. The number of halogens is 1. The summed E-state index contributed by atoms with van der Waals surface area (Å²) in [6.45, 7) is 7.69. The van der Waals surface area contributed by atoms with E-state index in [4.69, 9.17) is 17.3 Å². The number of amides is 1. The Labute approximate surface area is 114 Å². The average Bonchev–Trinajstić information content (AvgIpc) is 2.34. The van der Waals surface area contributed by atoms with Gasteiger partial charge in [0.25, 0.3) is 5.91 Å². The number of benzene rings is 1. The summed E-state index contributed by atoms with van der Waals surface area (Å²) in [4.78, 5) is 14.2. The van der Waals surface area contributed by atoms with Gasteiger partial charge in [-0.25, -0.2) is 0 Å². The van der Waals surface area contributed by atoms with E-state index in [2.05, 4.69) is 13.8 Å². The smallest absolute Gasteiger partial charge is 0.255 e. The predicted octanol–water partition coefficient (Wildman–Crippen LogP) is 3.43. The highest BCUT2D eigenvalue weighted by molar-refractivity contribution is 6.31. The second kappa shape index (κ2) is 6.64. The number of hydrogen-bond acceptors (Lipinski definition) is 2. The summed E-state index contributed by atoms with van der Waals surface area (Å²) in [5, 5.41) is 0.550. The van der Waals surface area contributed by atoms with Crippen molar-refractivity contribution in [3.05, 3.63) is 28.8 Å². The lowest BCUT2D eigenvalue weighted by atomic mass is 10.1. The zero-order chi connectivity index (χ0) is 13.7. The minimum Gasteiger partial charge on any atom is -0.398 e. The minimum absolute atomic E-state index is 0.0213. The van der Waals surface area contributed by atoms with Gasteiger partial charge in [0.05, 0.1) is 5.56 Å². The molecule has 3 nitrogen and oxygen atoms in total. The Kier molecular flexibility index (Phi) is 5.48. The van der Waals surface area contributed by atoms with Gasteiger partial charge in [0.15, 0.2) is 0 Å². The van der Waals surface area contributed by atoms with Gasteiger partial charge in [-0.3, -0.25) is 4.79 Å². The maximum absolute atomic E-state index is 12.4. The number of nitrogens with two attached hydrogens (primary N) is 1. The van der Waals surface area contributed by atoms with Crippen LogP contribution < -0.4 is 5.73 Å². The fourth-order valence-electron chi connectivity index (χ4n) is 1.76. The van der Waals surface area contributed by atoms with Crippen LogP contribution in [0.15, 0.2) is 18.2 Å². The van der Waals surface area contributed by atoms with Crippen molar-refractivity contribution in [2.24, 2.45) is 5.92 Å². The molecule has 0 saturated heterocycles. The third-order valence-electron chi connectivity index (χ3n) is 3.14. The standard InChI is InChI=1S/C14H21ClN2O/c1-4-10(3)9-17(5-2)14(18)12-7-6-11(15)8-13(12)16/h6-8,10H,4-5,9,16H2,1-3H3. The fraction of sp³-hybridized carbons (Fsp3) is 0.500. The average molecular weight is 269 g/mol. The second-order valence-corrected chi connectivity index (χ2v) is 5.03. The van der Waals surface area contributed by atoms with Crippen molar-refractivity contribution in [1.82, 2.24) is 4.90 Å². The quantitative estimate of drug-likeness (QED) is 0.832. The molecule has 0 aromatic heterocycles. The summed E-state index contributed by atoms with van der Waals surface area (Å²) in [5.74, 6) is 0.467. The van der Waals surface area contributed by atoms with Crippen molar-refractivity contribution < 1.29 is 4.79 Å². The fourth-order valence-corrected chi connectivity index (χ4v) is 1.94. The molecule has 1 aromatic rings. The molecule has 0 aliphatic rings. The molecule has 1 amide bonds. The Morgan fingerprint density at radius 2 is 2.11 bits per heavy atom. The van der Waals surface area contributed by atoms with Gasteiger partial charge in [-0.1, -0.05) is 31.9 Å². The summed E-state index contributed by atoms with van der Waals surface area (Å²) in [6.07, 6.45) is 1.06. The highest BCUT2D eigenvalue weighted by Gasteiger charge is 2.18. The van der Waals surface area contributed by atoms with E-state index in [-0.39, 0.29) is 5.91 Å². The molecule has 1 atom stereocenters. The molecule has 0 radical (unpaired) electrons. The van der Waals surface area contributed by atoms with Crippen LogP contribution in [-0.4, -0.2) is 23.9 Å². The summed E-state index contributed by atoms with van der Waals surface area (Å²) in [6, 6.07) is 5.01. The number of nitrogen functional groups attached to an aromatic ring is 1. The zero-order valence-corrected chi connectivity index (χ0v) is 12.0. The molecule has 0 aliphatic carbocycles. The summed E-state index contributed by atoms with van der Waals surface area (Å²) >= 11 is 5.84. The van der Waals surface area contributed by atoms with Gasteiger partial charge in [-0.05, 0) is 31.0 Å². The first-order chi connectivity index (χ1) is 8.49. The van der Waals surface area contributed by atoms with Crippen molar-refractivity contribution in [2.45, 2.75) is 27.2 Å². The second-order valence-electron chi connectivity index (χ2n) is 4.59. The monoisotopic (exact) mass is 268 g/mol. The van der Waals surface area contributed by atoms with E-state index in [1.807, 2.05) is 11.8 Å². The largest absolute Gasteiger partial charge is 0.398 e. The number of rotatable bonds is 5. The summed E-state index contributed by atoms with van der Waals surface area (Å²) in [5.41, 5.74) is 6.82. The summed E-state index contributed by atoms with van der Waals surface area (Å²) in [7, 11) is 0. The SMILES string of the molecule is CCC(C)CN(CC)C(=O)c1ccc(Cl)cc1N. The maximum atomic E-state index is 12.4. The normalized spacial score (nSPS) is 12.2. The van der Waals surface area contributed by atoms with Gasteiger partial charge in [-0.15, -0.1) is 0 Å². The van der Waals surface area contributed by atoms with E-state index in [1.54, 1.807) is 18.2 Å². The lowest BCUT2D eigenvalue weighted by Crippen LogP contribution is -2.34. The molecule has 100 valence electrons. The highest BCUT2D eigenvalue weighted by Crippen LogP contribution is 2.20. The first kappa shape index (κ1) is 14.8. The molecular weight excluding hydrogens is 248 g/mol. The Balaban J connectivity index is 2.89. The van der Waals surface area contributed by atoms with Crippen molar-refractivity contribution in [2.75, 3.05) is 18.8 Å². The molecule has 0 fully saturated rings. The zero-order valence-electron chi connectivity index (χ0n) is 11.2. The third kappa shape index (κ3) is 3.64. The van der Waals surface area contributed by atoms with Crippen LogP contribution in [0.2, 0.25) is 5.02 Å². The van der Waals surface area contributed by atoms with Gasteiger partial charge in [-0.2, -0.15) is 0 Å². The molecule has 4 heteroatoms. The number of hydrogen-bond donors (Lipinski definition) is 1. The van der Waals surface area contributed by atoms with E-state index in [9.17, 15) is 4.79 Å². The Bertz CT molecular complexity index is 420. The molecule has 2 N–H and O–H groups in total. The van der Waals surface area contributed by atoms with E-state index in [0.29, 0.717) is 28.7 Å². The van der Waals surface area contributed by atoms with Crippen LogP contribution in [0, 0.1) is 5.92 Å². The summed E-state index contributed by atoms with van der Waals surface area (Å²) < 4.78 is 0. The lowest BCUT2D eigenvalue weighted by Gasteiger charge is -2.24. The van der Waals surface area contributed by atoms with Gasteiger partial charge < -0.3 is 10.6 Å². The van der Waals surface area contributed by atoms with Gasteiger partial charge in [0.2, 0.25) is 0 Å². The van der Waals surface area contributed by atoms with E-state index in [0.717, 1.165) is 13.0 Å². The molecule has 0 bridgehead atoms. The van der Waals surface area contributed by atoms with Crippen LogP contribution in [0.25, 0.3) is 0 Å².